The highest BCUT2D eigenvalue weighted by atomic mass is 35.5. The number of amides is 1. The van der Waals surface area contributed by atoms with Gasteiger partial charge < -0.3 is 19.1 Å². The van der Waals surface area contributed by atoms with E-state index in [4.69, 9.17) is 37.4 Å². The monoisotopic (exact) mass is 690 g/mol. The van der Waals surface area contributed by atoms with Crippen LogP contribution in [0.5, 0.6) is 11.5 Å². The van der Waals surface area contributed by atoms with Crippen molar-refractivity contribution >= 4 is 40.9 Å². The number of esters is 1. The highest BCUT2D eigenvalue weighted by molar-refractivity contribution is 6.35. The predicted molar refractivity (Wildman–Crippen MR) is 170 cm³/mol. The van der Waals surface area contributed by atoms with E-state index < -0.39 is 24.7 Å². The van der Waals surface area contributed by atoms with Crippen LogP contribution in [0.2, 0.25) is 10.0 Å². The first-order valence-electron chi connectivity index (χ1n) is 15.3. The molecule has 2 heterocycles. The summed E-state index contributed by atoms with van der Waals surface area (Å²) in [6.07, 6.45) is 5.37. The lowest BCUT2D eigenvalue weighted by molar-refractivity contribution is -0.377. The first kappa shape index (κ1) is 34.5. The molecule has 47 heavy (non-hydrogen) atoms. The Morgan fingerprint density at radius 2 is 1.72 bits per heavy atom. The molecule has 0 unspecified atom stereocenters. The zero-order chi connectivity index (χ0) is 33.7. The Bertz CT molecular complexity index is 1600. The Morgan fingerprint density at radius 1 is 1.00 bits per heavy atom. The SMILES string of the molecule is CN(C)C(=O)c1cccc(C(=O)CN2CCC[C@H]2C(=O)O[C@@H](Cc2c(Cl)c[nH+]cc2Cl)c2ccc(OC(F)F)c(OCC3CC3)c2)c1. The molecule has 0 spiro atoms. The molecule has 1 aliphatic carbocycles. The van der Waals surface area contributed by atoms with Gasteiger partial charge in [-0.15, -0.1) is 0 Å². The van der Waals surface area contributed by atoms with E-state index in [1.54, 1.807) is 55.7 Å². The molecule has 2 atom stereocenters. The average molecular weight is 692 g/mol. The summed E-state index contributed by atoms with van der Waals surface area (Å²) in [5.41, 5.74) is 1.74. The maximum absolute atomic E-state index is 13.8. The fraction of sp³-hybridized carbons (Fsp3) is 0.412. The fourth-order valence-corrected chi connectivity index (χ4v) is 6.00. The summed E-state index contributed by atoms with van der Waals surface area (Å²) in [5.74, 6) is -0.688. The molecule has 1 aliphatic heterocycles. The quantitative estimate of drug-likeness (QED) is 0.150. The van der Waals surface area contributed by atoms with Crippen molar-refractivity contribution in [1.29, 1.82) is 0 Å². The number of nitrogens with zero attached hydrogens (tertiary/aromatic N) is 2. The summed E-state index contributed by atoms with van der Waals surface area (Å²) in [6, 6.07) is 10.2. The number of likely N-dealkylation sites (tertiary alicyclic amines) is 1. The first-order valence-corrected chi connectivity index (χ1v) is 16.1. The van der Waals surface area contributed by atoms with Gasteiger partial charge in [0.15, 0.2) is 29.7 Å². The Morgan fingerprint density at radius 3 is 2.40 bits per heavy atom. The van der Waals surface area contributed by atoms with E-state index in [2.05, 4.69) is 4.98 Å². The second-order valence-corrected chi connectivity index (χ2v) is 12.7. The van der Waals surface area contributed by atoms with Crippen molar-refractivity contribution in [3.05, 3.63) is 87.2 Å². The molecule has 0 bridgehead atoms. The molecule has 9 nitrogen and oxygen atoms in total. The van der Waals surface area contributed by atoms with Crippen LogP contribution in [0.4, 0.5) is 8.78 Å². The van der Waals surface area contributed by atoms with E-state index in [0.717, 1.165) is 12.8 Å². The number of ketones is 1. The largest absolute Gasteiger partial charge is 0.489 e. The molecule has 1 N–H and O–H groups in total. The Hall–Kier alpha value is -3.80. The first-order chi connectivity index (χ1) is 22.5. The number of hydrogen-bond acceptors (Lipinski definition) is 7. The zero-order valence-corrected chi connectivity index (χ0v) is 27.5. The molecule has 2 aliphatic rings. The maximum Gasteiger partial charge on any atom is 0.387 e. The van der Waals surface area contributed by atoms with Crippen molar-refractivity contribution in [2.75, 3.05) is 33.8 Å². The highest BCUT2D eigenvalue weighted by Gasteiger charge is 2.36. The van der Waals surface area contributed by atoms with Crippen LogP contribution in [0.15, 0.2) is 54.9 Å². The van der Waals surface area contributed by atoms with Gasteiger partial charge in [-0.25, -0.2) is 4.98 Å². The van der Waals surface area contributed by atoms with Crippen molar-refractivity contribution in [3.63, 3.8) is 0 Å². The Kier molecular flexibility index (Phi) is 11.3. The van der Waals surface area contributed by atoms with Gasteiger partial charge in [0.25, 0.3) is 5.91 Å². The normalized spacial score (nSPS) is 17.0. The van der Waals surface area contributed by atoms with Gasteiger partial charge in [-0.05, 0) is 68.0 Å². The second-order valence-electron chi connectivity index (χ2n) is 11.9. The van der Waals surface area contributed by atoms with E-state index in [9.17, 15) is 23.2 Å². The summed E-state index contributed by atoms with van der Waals surface area (Å²) >= 11 is 12.9. The summed E-state index contributed by atoms with van der Waals surface area (Å²) in [7, 11) is 3.27. The van der Waals surface area contributed by atoms with Gasteiger partial charge in [0.2, 0.25) is 0 Å². The number of Topliss-reactive ketones (excluding diaryl/α,β-unsaturated/α-hetero) is 1. The molecule has 250 valence electrons. The smallest absolute Gasteiger partial charge is 0.387 e. The number of nitrogens with one attached hydrogen (secondary N) is 1. The number of aromatic nitrogens is 1. The second kappa shape index (κ2) is 15.4. The Labute approximate surface area is 281 Å². The molecule has 0 radical (unpaired) electrons. The predicted octanol–water partition coefficient (Wildman–Crippen LogP) is 6.07. The minimum Gasteiger partial charge on any atom is -0.489 e. The molecule has 2 fully saturated rings. The molecule has 2 aromatic carbocycles. The number of carbonyl (C=O) groups is 3. The van der Waals surface area contributed by atoms with Crippen LogP contribution in [0.1, 0.15) is 63.6 Å². The molecule has 1 saturated heterocycles. The molecule has 1 saturated carbocycles. The molecular weight excluding hydrogens is 655 g/mol. The third kappa shape index (κ3) is 8.97. The van der Waals surface area contributed by atoms with Gasteiger partial charge in [-0.1, -0.05) is 41.4 Å². The van der Waals surface area contributed by atoms with Gasteiger partial charge >= 0.3 is 12.6 Å². The lowest BCUT2D eigenvalue weighted by Crippen LogP contribution is -2.41. The number of pyridine rings is 1. The van der Waals surface area contributed by atoms with Crippen LogP contribution in [-0.4, -0.2) is 73.9 Å². The van der Waals surface area contributed by atoms with Crippen LogP contribution in [0, 0.1) is 5.92 Å². The van der Waals surface area contributed by atoms with E-state index in [-0.39, 0.29) is 36.2 Å². The Balaban J connectivity index is 1.38. The number of H-pyrrole nitrogens is 1. The molecular formula is C34H36Cl2F2N3O6+. The number of rotatable bonds is 14. The highest BCUT2D eigenvalue weighted by Crippen LogP contribution is 2.38. The molecule has 3 aromatic rings. The van der Waals surface area contributed by atoms with E-state index >= 15 is 0 Å². The topological polar surface area (TPSA) is 99.5 Å². The summed E-state index contributed by atoms with van der Waals surface area (Å²) in [5, 5.41) is 0.647. The van der Waals surface area contributed by atoms with E-state index in [1.807, 2.05) is 0 Å². The summed E-state index contributed by atoms with van der Waals surface area (Å²) < 4.78 is 43.1. The number of carbonyl (C=O) groups excluding carboxylic acids is 3. The van der Waals surface area contributed by atoms with Gasteiger partial charge in [0, 0.05) is 37.2 Å². The summed E-state index contributed by atoms with van der Waals surface area (Å²) in [6.45, 7) is -2.26. The number of hydrogen-bond donors (Lipinski definition) is 0. The van der Waals surface area contributed by atoms with Crippen molar-refractivity contribution in [2.45, 2.75) is 50.9 Å². The van der Waals surface area contributed by atoms with Gasteiger partial charge in [-0.3, -0.25) is 19.3 Å². The average Bonchev–Trinajstić information content (AvgIpc) is 3.76. The third-order valence-corrected chi connectivity index (χ3v) is 8.87. The standard InChI is InChI=1S/C34H35Cl2F2N3O6/c1-40(2)32(43)23-6-3-5-21(13-23)28(42)18-41-12-4-7-27(41)33(44)46-30(15-24-25(35)16-39-17-26(24)36)22-10-11-29(47-34(37)38)31(14-22)45-19-20-8-9-20/h3,5-6,10-11,13-14,16-17,20,27,30,34H,4,7-9,12,15,18-19H2,1-2H3/p+1/t27-,30-/m0/s1. The van der Waals surface area contributed by atoms with Gasteiger partial charge in [0.1, 0.15) is 22.2 Å². The van der Waals surface area contributed by atoms with Crippen LogP contribution in [-0.2, 0) is 16.0 Å². The van der Waals surface area contributed by atoms with E-state index in [1.165, 1.54) is 23.1 Å². The fourth-order valence-electron chi connectivity index (χ4n) is 5.47. The van der Waals surface area contributed by atoms with Crippen molar-refractivity contribution in [3.8, 4) is 11.5 Å². The number of aromatic amines is 1. The number of benzene rings is 2. The number of alkyl halides is 2. The zero-order valence-electron chi connectivity index (χ0n) is 26.0. The molecule has 1 amide bonds. The third-order valence-electron chi connectivity index (χ3n) is 8.19. The maximum atomic E-state index is 13.8. The summed E-state index contributed by atoms with van der Waals surface area (Å²) in [4.78, 5) is 45.6. The van der Waals surface area contributed by atoms with Gasteiger partial charge in [0.05, 0.1) is 13.2 Å². The van der Waals surface area contributed by atoms with Crippen molar-refractivity contribution in [2.24, 2.45) is 5.92 Å². The van der Waals surface area contributed by atoms with Crippen LogP contribution >= 0.6 is 23.2 Å². The lowest BCUT2D eigenvalue weighted by Gasteiger charge is -2.26. The van der Waals surface area contributed by atoms with Crippen molar-refractivity contribution < 1.29 is 42.4 Å². The number of halogens is 4. The van der Waals surface area contributed by atoms with Crippen LogP contribution in [0.3, 0.4) is 0 Å². The molecule has 1 aromatic heterocycles. The number of ether oxygens (including phenoxy) is 3. The minimum absolute atomic E-state index is 0.0466. The van der Waals surface area contributed by atoms with Crippen molar-refractivity contribution in [1.82, 2.24) is 9.80 Å². The van der Waals surface area contributed by atoms with Gasteiger partial charge in [-0.2, -0.15) is 8.78 Å². The van der Waals surface area contributed by atoms with E-state index in [0.29, 0.717) is 64.2 Å². The van der Waals surface area contributed by atoms with Crippen LogP contribution in [0.25, 0.3) is 0 Å². The minimum atomic E-state index is -3.05. The lowest BCUT2D eigenvalue weighted by atomic mass is 10.0. The van der Waals surface area contributed by atoms with Crippen LogP contribution < -0.4 is 14.5 Å². The molecule has 5 rings (SSSR count). The molecule has 13 heteroatoms.